The third kappa shape index (κ3) is 11.8. The Kier molecular flexibility index (Phi) is 17.4. The monoisotopic (exact) mass is 770 g/mol. The van der Waals surface area contributed by atoms with Crippen LogP contribution in [0.1, 0.15) is 46.1 Å². The highest BCUT2D eigenvalue weighted by Gasteiger charge is 2.64. The highest BCUT2D eigenvalue weighted by molar-refractivity contribution is 7.97. The van der Waals surface area contributed by atoms with Gasteiger partial charge in [0.25, 0.3) is 0 Å². The summed E-state index contributed by atoms with van der Waals surface area (Å²) in [5, 5.41) is 17.2. The lowest BCUT2D eigenvalue weighted by Gasteiger charge is -2.42. The molecule has 0 aliphatic carbocycles. The molecule has 5 N–H and O–H groups in total. The van der Waals surface area contributed by atoms with Gasteiger partial charge in [0.1, 0.15) is 35.7 Å². The van der Waals surface area contributed by atoms with Crippen molar-refractivity contribution in [2.75, 3.05) is 47.4 Å². The summed E-state index contributed by atoms with van der Waals surface area (Å²) in [6.45, 7) is 6.64. The number of likely N-dealkylation sites (N-methyl/N-ethyl adjacent to an activating group) is 1. The van der Waals surface area contributed by atoms with E-state index in [9.17, 15) is 24.3 Å². The number of aliphatic hydroxyl groups is 1. The highest BCUT2D eigenvalue weighted by atomic mass is 35.5. The number of hydrogen-bond acceptors (Lipinski definition) is 12. The Balaban J connectivity index is 0.00000301. The molecule has 14 nitrogen and oxygen atoms in total. The summed E-state index contributed by atoms with van der Waals surface area (Å²) in [6.07, 6.45) is 5.41. The Morgan fingerprint density at radius 1 is 1.27 bits per heavy atom. The van der Waals surface area contributed by atoms with Crippen LogP contribution in [0.25, 0.3) is 0 Å². The predicted molar refractivity (Wildman–Crippen MR) is 200 cm³/mol. The van der Waals surface area contributed by atoms with E-state index in [1.54, 1.807) is 50.9 Å². The number of nitrogens with zero attached hydrogens (tertiary/aromatic N) is 1. The molecule has 0 bridgehead atoms. The van der Waals surface area contributed by atoms with Gasteiger partial charge in [-0.2, -0.15) is 11.8 Å². The summed E-state index contributed by atoms with van der Waals surface area (Å²) >= 11 is 7.89. The number of epoxide rings is 1. The molecule has 2 heterocycles. The number of thioether (sulfide) groups is 1. The molecule has 52 heavy (non-hydrogen) atoms. The molecule has 3 rings (SSSR count). The van der Waals surface area contributed by atoms with Crippen molar-refractivity contribution >= 4 is 47.2 Å². The lowest BCUT2D eigenvalue weighted by molar-refractivity contribution is -0.161. The van der Waals surface area contributed by atoms with E-state index in [-0.39, 0.29) is 19.4 Å². The fraction of sp³-hybridized carbons (Fsp3) is 0.611. The maximum Gasteiger partial charge on any atom is 0.409 e. The smallest absolute Gasteiger partial charge is 0.409 e. The molecule has 1 aromatic rings. The minimum atomic E-state index is -1.83. The first kappa shape index (κ1) is 44.8. The molecule has 292 valence electrons. The molecule has 0 spiro atoms. The summed E-state index contributed by atoms with van der Waals surface area (Å²) in [7, 11) is 5.86. The molecule has 0 aromatic heterocycles. The number of ether oxygens (including phenoxy) is 5. The van der Waals surface area contributed by atoms with E-state index in [0.29, 0.717) is 17.2 Å². The third-order valence-electron chi connectivity index (χ3n) is 9.17. The topological polar surface area (TPSA) is 191 Å². The lowest BCUT2D eigenvalue weighted by atomic mass is 9.83. The second-order valence-corrected chi connectivity index (χ2v) is 14.3. The molecular weight excluding hydrogens is 716 g/mol. The maximum absolute atomic E-state index is 13.0. The largest absolute Gasteiger partial charge is 0.495 e. The van der Waals surface area contributed by atoms with Crippen molar-refractivity contribution in [1.82, 2.24) is 15.5 Å². The maximum atomic E-state index is 13.0. The quantitative estimate of drug-likeness (QED) is 0.109. The highest BCUT2D eigenvalue weighted by Crippen LogP contribution is 2.48. The first-order valence-electron chi connectivity index (χ1n) is 16.8. The van der Waals surface area contributed by atoms with Crippen molar-refractivity contribution < 1.29 is 48.0 Å². The molecule has 2 aliphatic rings. The number of amides is 3. The van der Waals surface area contributed by atoms with Crippen molar-refractivity contribution in [2.45, 2.75) is 88.7 Å². The van der Waals surface area contributed by atoms with Gasteiger partial charge in [0.05, 0.1) is 31.2 Å². The number of cyclic esters (lactones) is 1. The van der Waals surface area contributed by atoms with Gasteiger partial charge in [0, 0.05) is 33.5 Å². The van der Waals surface area contributed by atoms with E-state index in [0.717, 1.165) is 11.1 Å². The van der Waals surface area contributed by atoms with Gasteiger partial charge in [-0.1, -0.05) is 48.4 Å². The Bertz CT molecular complexity index is 1460. The van der Waals surface area contributed by atoms with Crippen LogP contribution in [-0.2, 0) is 39.8 Å². The van der Waals surface area contributed by atoms with Crippen molar-refractivity contribution in [3.05, 3.63) is 52.6 Å². The van der Waals surface area contributed by atoms with E-state index in [1.807, 2.05) is 37.6 Å². The first-order valence-corrected chi connectivity index (χ1v) is 18.8. The fourth-order valence-electron chi connectivity index (χ4n) is 5.88. The number of carbonyl (C=O) groups excluding carboxylic acids is 4. The number of alkyl carbamates (subject to hydrolysis) is 1. The van der Waals surface area contributed by atoms with Crippen LogP contribution in [0.2, 0.25) is 5.02 Å². The van der Waals surface area contributed by atoms with E-state index in [2.05, 4.69) is 10.6 Å². The van der Waals surface area contributed by atoms with Gasteiger partial charge in [-0.25, -0.2) is 9.59 Å². The van der Waals surface area contributed by atoms with E-state index in [1.165, 1.54) is 33.0 Å². The zero-order valence-electron chi connectivity index (χ0n) is 31.7. The van der Waals surface area contributed by atoms with Gasteiger partial charge in [-0.05, 0) is 57.4 Å². The fourth-order valence-corrected chi connectivity index (χ4v) is 6.08. The summed E-state index contributed by atoms with van der Waals surface area (Å²) in [4.78, 5) is 51.4. The number of allylic oxidation sites excluding steroid dienone is 3. The zero-order valence-corrected chi connectivity index (χ0v) is 33.3. The van der Waals surface area contributed by atoms with Gasteiger partial charge >= 0.3 is 12.1 Å². The van der Waals surface area contributed by atoms with Crippen molar-refractivity contribution in [3.63, 3.8) is 0 Å². The SMILES string of the molecule is CNC(=O)CC(OC(=O)C(C)N(C)C(=O)CN)C1(C)OC1C(C)C1CC(O)(C(/C=C/C=C(\C)Cc2ccc(Cl)c(OC)c2)OC)NC(=O)O1.CSC. The second kappa shape index (κ2) is 20.2. The van der Waals surface area contributed by atoms with Crippen LogP contribution < -0.4 is 21.1 Å². The number of hydrogen-bond donors (Lipinski definition) is 4. The number of halogens is 1. The Morgan fingerprint density at radius 3 is 2.50 bits per heavy atom. The average molecular weight is 771 g/mol. The number of methoxy groups -OCH3 is 2. The molecular formula is C36H55ClN4O10S. The van der Waals surface area contributed by atoms with E-state index >= 15 is 0 Å². The van der Waals surface area contributed by atoms with Gasteiger partial charge in [-0.15, -0.1) is 0 Å². The minimum absolute atomic E-state index is 0.0606. The molecule has 3 amide bonds. The standard InChI is InChI=1S/C34H49ClN4O10.C2H6S/c1-19(14-22-12-13-23(35)24(15-22)45-7)10-9-11-26(46-8)34(44)17-25(47-32(43)38-34)20(2)30-33(4,49-30)27(16-28(40)37-5)48-31(42)21(3)39(6)29(41)18-36;1-3-2/h9-13,15,20-21,25-27,30,44H,14,16-18,36H2,1-8H3,(H,37,40)(H,38,43);1-2H3/b11-9+,19-10+;. The molecule has 8 unspecified atom stereocenters. The van der Waals surface area contributed by atoms with Gasteiger partial charge in [-0.3, -0.25) is 14.9 Å². The number of rotatable bonds is 16. The van der Waals surface area contributed by atoms with Crippen LogP contribution >= 0.6 is 23.4 Å². The van der Waals surface area contributed by atoms with E-state index in [4.69, 9.17) is 41.0 Å². The van der Waals surface area contributed by atoms with Gasteiger partial charge in [0.15, 0.2) is 5.72 Å². The normalized spacial score (nSPS) is 24.9. The van der Waals surface area contributed by atoms with E-state index < -0.39 is 71.6 Å². The summed E-state index contributed by atoms with van der Waals surface area (Å²) < 4.78 is 28.3. The number of carbonyl (C=O) groups is 4. The number of benzene rings is 1. The average Bonchev–Trinajstić information content (AvgIpc) is 3.80. The molecule has 0 saturated carbocycles. The summed E-state index contributed by atoms with van der Waals surface area (Å²) in [5.74, 6) is -1.51. The van der Waals surface area contributed by atoms with Crippen LogP contribution in [0.15, 0.2) is 42.0 Å². The Labute approximate surface area is 316 Å². The number of esters is 1. The molecule has 1 aromatic carbocycles. The molecule has 8 atom stereocenters. The third-order valence-corrected chi connectivity index (χ3v) is 9.48. The predicted octanol–water partition coefficient (Wildman–Crippen LogP) is 3.22. The first-order chi connectivity index (χ1) is 24.4. The second-order valence-electron chi connectivity index (χ2n) is 13.1. The van der Waals surface area contributed by atoms with Crippen LogP contribution in [0, 0.1) is 5.92 Å². The Hall–Kier alpha value is -3.34. The molecule has 2 aliphatic heterocycles. The summed E-state index contributed by atoms with van der Waals surface area (Å²) in [5.41, 5.74) is 4.48. The number of nitrogens with two attached hydrogens (primary N) is 1. The van der Waals surface area contributed by atoms with Crippen molar-refractivity contribution in [1.29, 1.82) is 0 Å². The van der Waals surface area contributed by atoms with Crippen LogP contribution in [0.3, 0.4) is 0 Å². The van der Waals surface area contributed by atoms with Crippen LogP contribution in [0.4, 0.5) is 4.79 Å². The molecule has 0 radical (unpaired) electrons. The Morgan fingerprint density at radius 2 is 1.92 bits per heavy atom. The lowest BCUT2D eigenvalue weighted by Crippen LogP contribution is -2.63. The van der Waals surface area contributed by atoms with Crippen molar-refractivity contribution in [3.8, 4) is 5.75 Å². The van der Waals surface area contributed by atoms with Gasteiger partial charge < -0.3 is 44.7 Å². The molecule has 16 heteroatoms. The summed E-state index contributed by atoms with van der Waals surface area (Å²) in [6, 6.07) is 4.58. The molecule has 2 fully saturated rings. The number of nitrogens with one attached hydrogen (secondary N) is 2. The molecule has 2 saturated heterocycles. The van der Waals surface area contributed by atoms with Crippen molar-refractivity contribution in [2.24, 2.45) is 11.7 Å². The van der Waals surface area contributed by atoms with Gasteiger partial charge in [0.2, 0.25) is 11.8 Å². The van der Waals surface area contributed by atoms with Crippen LogP contribution in [0.5, 0.6) is 5.75 Å². The van der Waals surface area contributed by atoms with Crippen LogP contribution in [-0.4, -0.2) is 123 Å². The zero-order chi connectivity index (χ0) is 39.4. The minimum Gasteiger partial charge on any atom is -0.495 e.